The monoisotopic (exact) mass is 626 g/mol. The Kier molecular flexibility index (Phi) is 7.63. The van der Waals surface area contributed by atoms with Crippen LogP contribution in [0, 0.1) is 72.6 Å². The van der Waals surface area contributed by atoms with Gasteiger partial charge in [0, 0.05) is 61.9 Å². The first-order valence-corrected chi connectivity index (χ1v) is 16.3. The van der Waals surface area contributed by atoms with E-state index in [9.17, 15) is 0 Å². The number of rotatable bonds is 0. The first kappa shape index (κ1) is 30.0. The first-order chi connectivity index (χ1) is 24.6. The highest BCUT2D eigenvalue weighted by Gasteiger charge is 2.42. The third-order valence-corrected chi connectivity index (χ3v) is 9.29. The number of hydrogen-bond acceptors (Lipinski definition) is 0. The molecule has 6 aromatic rings. The fraction of sp³-hybridized carbons (Fsp3) is 0.0400. The van der Waals surface area contributed by atoms with Gasteiger partial charge >= 0.3 is 0 Å². The van der Waals surface area contributed by atoms with Gasteiger partial charge in [0.2, 0.25) is 0 Å². The van der Waals surface area contributed by atoms with Gasteiger partial charge in [0.15, 0.2) is 0 Å². The summed E-state index contributed by atoms with van der Waals surface area (Å²) in [7, 11) is 0. The lowest BCUT2D eigenvalue weighted by atomic mass is 9.60. The van der Waals surface area contributed by atoms with Crippen LogP contribution in [0.3, 0.4) is 0 Å². The minimum Gasteiger partial charge on any atom is -0.115 e. The van der Waals surface area contributed by atoms with Gasteiger partial charge in [-0.1, -0.05) is 95.7 Å². The predicted molar refractivity (Wildman–Crippen MR) is 202 cm³/mol. The van der Waals surface area contributed by atoms with Gasteiger partial charge < -0.3 is 0 Å². The van der Waals surface area contributed by atoms with E-state index in [0.717, 1.165) is 50.1 Å². The number of hydrogen-bond donors (Lipinski definition) is 0. The fourth-order valence-corrected chi connectivity index (χ4v) is 7.07. The van der Waals surface area contributed by atoms with Gasteiger partial charge in [0.05, 0.1) is 0 Å². The van der Waals surface area contributed by atoms with Gasteiger partial charge in [-0.05, 0) is 118 Å². The molecular formula is C50H26. The molecule has 0 saturated carbocycles. The molecule has 0 nitrogen and oxygen atoms in total. The van der Waals surface area contributed by atoms with Crippen LogP contribution in [-0.2, 0) is 0 Å². The Morgan fingerprint density at radius 1 is 0.320 bits per heavy atom. The van der Waals surface area contributed by atoms with Crippen molar-refractivity contribution in [1.29, 1.82) is 0 Å². The van der Waals surface area contributed by atoms with Crippen molar-refractivity contribution in [2.75, 3.05) is 0 Å². The van der Waals surface area contributed by atoms with Crippen LogP contribution >= 0.6 is 0 Å². The van der Waals surface area contributed by atoms with Crippen molar-refractivity contribution in [3.8, 4) is 72.6 Å². The molecule has 3 aliphatic carbocycles. The summed E-state index contributed by atoms with van der Waals surface area (Å²) >= 11 is 0. The summed E-state index contributed by atoms with van der Waals surface area (Å²) in [6.45, 7) is 0. The second-order valence-electron chi connectivity index (χ2n) is 12.3. The second-order valence-corrected chi connectivity index (χ2v) is 12.3. The van der Waals surface area contributed by atoms with E-state index < -0.39 is 0 Å². The van der Waals surface area contributed by atoms with Gasteiger partial charge in [0.25, 0.3) is 0 Å². The van der Waals surface area contributed by atoms with E-state index in [2.05, 4.69) is 108 Å². The normalized spacial score (nSPS) is 13.9. The molecular weight excluding hydrogens is 601 g/mol. The molecule has 50 heavy (non-hydrogen) atoms. The third-order valence-electron chi connectivity index (χ3n) is 9.29. The standard InChI is InChI=1S/C50H26/c1-4-34-11-7-14-37(29-34)19-21-40-24-27-43-46(32-40)49-45-18-10-17-42(26-23-39-16-9-13-36(6-3)31-39)48(45)50(43)44-28-25-41(33-47(44)49)22-20-38-15-8-12-35(5-2)30-38/h1-3,7-18,24-25,27-33,49-50H. The van der Waals surface area contributed by atoms with Gasteiger partial charge in [-0.2, -0.15) is 0 Å². The average molecular weight is 627 g/mol. The Balaban J connectivity index is 1.25. The number of benzene rings is 6. The average Bonchev–Trinajstić information content (AvgIpc) is 3.18. The molecule has 0 unspecified atom stereocenters. The van der Waals surface area contributed by atoms with Crippen molar-refractivity contribution in [2.45, 2.75) is 11.8 Å². The molecule has 0 saturated heterocycles. The topological polar surface area (TPSA) is 0 Å². The molecule has 226 valence electrons. The van der Waals surface area contributed by atoms with Gasteiger partial charge in [-0.3, -0.25) is 0 Å². The lowest BCUT2D eigenvalue weighted by Crippen LogP contribution is -2.28. The molecule has 0 aliphatic heterocycles. The molecule has 9 rings (SSSR count). The SMILES string of the molecule is C#Cc1cccc(C#Cc2ccc3c(c2)C2c4cc(C#Cc5cccc(C#C)c5)ccc4C3c3c(C#Cc4cccc(C#C)c4)cccc32)c1. The highest BCUT2D eigenvalue weighted by molar-refractivity contribution is 5.73. The van der Waals surface area contributed by atoms with Crippen LogP contribution in [0.1, 0.15) is 95.3 Å². The maximum atomic E-state index is 5.66. The zero-order valence-corrected chi connectivity index (χ0v) is 27.0. The maximum absolute atomic E-state index is 5.66. The largest absolute Gasteiger partial charge is 0.115 e. The summed E-state index contributed by atoms with van der Waals surface area (Å²) < 4.78 is 0. The molecule has 0 radical (unpaired) electrons. The zero-order valence-electron chi connectivity index (χ0n) is 27.0. The fourth-order valence-electron chi connectivity index (χ4n) is 7.07. The Labute approximate surface area is 294 Å². The highest BCUT2D eigenvalue weighted by Crippen LogP contribution is 2.56. The quantitative estimate of drug-likeness (QED) is 0.148. The van der Waals surface area contributed by atoms with Crippen molar-refractivity contribution < 1.29 is 0 Å². The molecule has 6 aromatic carbocycles. The lowest BCUT2D eigenvalue weighted by molar-refractivity contribution is 0.751. The van der Waals surface area contributed by atoms with Crippen LogP contribution in [0.15, 0.2) is 127 Å². The summed E-state index contributed by atoms with van der Waals surface area (Å²) in [6.07, 6.45) is 16.9. The van der Waals surface area contributed by atoms with E-state index in [0.29, 0.717) is 0 Å². The van der Waals surface area contributed by atoms with Crippen molar-refractivity contribution >= 4 is 0 Å². The van der Waals surface area contributed by atoms with Gasteiger partial charge in [-0.25, -0.2) is 0 Å². The molecule has 3 aliphatic rings. The molecule has 0 heteroatoms. The first-order valence-electron chi connectivity index (χ1n) is 16.3. The van der Waals surface area contributed by atoms with Gasteiger partial charge in [-0.15, -0.1) is 19.3 Å². The molecule has 0 N–H and O–H groups in total. The van der Waals surface area contributed by atoms with Crippen LogP contribution in [0.4, 0.5) is 0 Å². The molecule has 0 spiro atoms. The predicted octanol–water partition coefficient (Wildman–Crippen LogP) is 8.82. The summed E-state index contributed by atoms with van der Waals surface area (Å²) in [6, 6.07) is 43.1. The molecule has 2 bridgehead atoms. The molecule has 0 heterocycles. The summed E-state index contributed by atoms with van der Waals surface area (Å²) in [5.41, 5.74) is 15.7. The van der Waals surface area contributed by atoms with Crippen molar-refractivity contribution in [1.82, 2.24) is 0 Å². The van der Waals surface area contributed by atoms with E-state index in [-0.39, 0.29) is 11.8 Å². The van der Waals surface area contributed by atoms with Crippen LogP contribution in [0.2, 0.25) is 0 Å². The van der Waals surface area contributed by atoms with Crippen LogP contribution in [0.5, 0.6) is 0 Å². The molecule has 0 amide bonds. The summed E-state index contributed by atoms with van der Waals surface area (Å²) in [4.78, 5) is 0. The molecule has 0 atom stereocenters. The van der Waals surface area contributed by atoms with Gasteiger partial charge in [0.1, 0.15) is 0 Å². The van der Waals surface area contributed by atoms with E-state index >= 15 is 0 Å². The maximum Gasteiger partial charge on any atom is 0.0361 e. The van der Waals surface area contributed by atoms with E-state index in [1.165, 1.54) is 33.4 Å². The Morgan fingerprint density at radius 2 is 0.720 bits per heavy atom. The smallest absolute Gasteiger partial charge is 0.0361 e. The summed E-state index contributed by atoms with van der Waals surface area (Å²) in [5, 5.41) is 0. The zero-order chi connectivity index (χ0) is 34.0. The Morgan fingerprint density at radius 3 is 1.18 bits per heavy atom. The van der Waals surface area contributed by atoms with Crippen LogP contribution in [-0.4, -0.2) is 0 Å². The lowest BCUT2D eigenvalue weighted by Gasteiger charge is -2.43. The minimum absolute atomic E-state index is 0.00422. The van der Waals surface area contributed by atoms with Crippen LogP contribution in [0.25, 0.3) is 0 Å². The summed E-state index contributed by atoms with van der Waals surface area (Å²) in [5.74, 6) is 28.5. The second kappa shape index (κ2) is 12.7. The van der Waals surface area contributed by atoms with E-state index in [1.807, 2.05) is 72.8 Å². The van der Waals surface area contributed by atoms with Crippen molar-refractivity contribution in [3.05, 3.63) is 211 Å². The highest BCUT2D eigenvalue weighted by atomic mass is 14.4. The molecule has 0 aromatic heterocycles. The minimum atomic E-state index is 0.00422. The van der Waals surface area contributed by atoms with E-state index in [1.54, 1.807) is 0 Å². The number of terminal acetylenes is 3. The van der Waals surface area contributed by atoms with E-state index in [4.69, 9.17) is 19.3 Å². The Bertz CT molecular complexity index is 2580. The van der Waals surface area contributed by atoms with Crippen molar-refractivity contribution in [3.63, 3.8) is 0 Å². The Hall–Kier alpha value is -7.32. The van der Waals surface area contributed by atoms with Crippen LogP contribution < -0.4 is 0 Å². The van der Waals surface area contributed by atoms with Crippen molar-refractivity contribution in [2.24, 2.45) is 0 Å². The third kappa shape index (κ3) is 5.52. The molecule has 0 fully saturated rings.